The van der Waals surface area contributed by atoms with Crippen LogP contribution in [0, 0.1) is 0 Å². The number of hydrogen-bond acceptors (Lipinski definition) is 6. The molecule has 6 nitrogen and oxygen atoms in total. The SMILES string of the molecule is CC1(C)OC[C@H]([C@@H](O)C2(CCO)SCCNC2=O)O1. The van der Waals surface area contributed by atoms with Crippen LogP contribution in [0.5, 0.6) is 0 Å². The van der Waals surface area contributed by atoms with Gasteiger partial charge in [-0.3, -0.25) is 4.79 Å². The fraction of sp³-hybridized carbons (Fsp3) is 0.917. The second kappa shape index (κ2) is 5.57. The minimum Gasteiger partial charge on any atom is -0.396 e. The van der Waals surface area contributed by atoms with Crippen LogP contribution in [-0.4, -0.2) is 64.4 Å². The average Bonchev–Trinajstić information content (AvgIpc) is 2.72. The van der Waals surface area contributed by atoms with Crippen molar-refractivity contribution in [2.45, 2.75) is 43.0 Å². The summed E-state index contributed by atoms with van der Waals surface area (Å²) in [6.45, 7) is 4.21. The predicted molar refractivity (Wildman–Crippen MR) is 70.8 cm³/mol. The molecule has 1 unspecified atom stereocenters. The molecule has 0 aromatic carbocycles. The molecule has 0 aromatic heterocycles. The number of carbonyl (C=O) groups is 1. The number of thioether (sulfide) groups is 1. The number of amides is 1. The second-order valence-electron chi connectivity index (χ2n) is 5.28. The molecule has 2 saturated heterocycles. The molecule has 110 valence electrons. The van der Waals surface area contributed by atoms with Gasteiger partial charge in [-0.15, -0.1) is 11.8 Å². The molecule has 2 aliphatic rings. The number of rotatable bonds is 4. The zero-order chi connectivity index (χ0) is 14.1. The van der Waals surface area contributed by atoms with Crippen molar-refractivity contribution in [1.29, 1.82) is 0 Å². The van der Waals surface area contributed by atoms with Gasteiger partial charge in [-0.2, -0.15) is 0 Å². The Morgan fingerprint density at radius 3 is 2.84 bits per heavy atom. The lowest BCUT2D eigenvalue weighted by molar-refractivity contribution is -0.157. The molecule has 2 rings (SSSR count). The first-order valence-corrected chi connectivity index (χ1v) is 7.43. The van der Waals surface area contributed by atoms with Crippen molar-refractivity contribution in [3.63, 3.8) is 0 Å². The van der Waals surface area contributed by atoms with E-state index >= 15 is 0 Å². The van der Waals surface area contributed by atoms with Crippen LogP contribution in [0.15, 0.2) is 0 Å². The van der Waals surface area contributed by atoms with Gasteiger partial charge in [0, 0.05) is 18.9 Å². The molecular formula is C12H21NO5S. The van der Waals surface area contributed by atoms with Crippen molar-refractivity contribution in [1.82, 2.24) is 5.32 Å². The lowest BCUT2D eigenvalue weighted by atomic mass is 9.92. The van der Waals surface area contributed by atoms with Crippen LogP contribution in [-0.2, 0) is 14.3 Å². The molecule has 7 heteroatoms. The molecule has 0 aliphatic carbocycles. The Kier molecular flexibility index (Phi) is 4.42. The molecule has 0 saturated carbocycles. The van der Waals surface area contributed by atoms with Gasteiger partial charge in [0.15, 0.2) is 5.79 Å². The van der Waals surface area contributed by atoms with Crippen LogP contribution in [0.3, 0.4) is 0 Å². The lowest BCUT2D eigenvalue weighted by Gasteiger charge is -2.40. The minimum absolute atomic E-state index is 0.158. The van der Waals surface area contributed by atoms with Crippen molar-refractivity contribution in [3.05, 3.63) is 0 Å². The Balaban J connectivity index is 2.16. The predicted octanol–water partition coefficient (Wildman–Crippen LogP) is -0.517. The van der Waals surface area contributed by atoms with E-state index in [0.717, 1.165) is 0 Å². The van der Waals surface area contributed by atoms with Crippen LogP contribution < -0.4 is 5.32 Å². The maximum absolute atomic E-state index is 12.2. The highest BCUT2D eigenvalue weighted by Gasteiger charge is 2.52. The normalized spacial score (nSPS) is 36.0. The van der Waals surface area contributed by atoms with Gasteiger partial charge in [0.25, 0.3) is 0 Å². The van der Waals surface area contributed by atoms with Gasteiger partial charge in [0.2, 0.25) is 5.91 Å². The number of hydrogen-bond donors (Lipinski definition) is 3. The molecule has 1 amide bonds. The Bertz CT molecular complexity index is 347. The maximum atomic E-state index is 12.2. The summed E-state index contributed by atoms with van der Waals surface area (Å²) in [7, 11) is 0. The third kappa shape index (κ3) is 2.90. The van der Waals surface area contributed by atoms with E-state index in [9.17, 15) is 15.0 Å². The summed E-state index contributed by atoms with van der Waals surface area (Å²) < 4.78 is 10.0. The Morgan fingerprint density at radius 2 is 2.32 bits per heavy atom. The first kappa shape index (κ1) is 15.1. The average molecular weight is 291 g/mol. The summed E-state index contributed by atoms with van der Waals surface area (Å²) in [5, 5.41) is 22.5. The standard InChI is InChI=1S/C12H21NO5S/c1-11(2)17-7-8(18-11)9(15)12(3-5-14)10(16)13-4-6-19-12/h8-9,14-15H,3-7H2,1-2H3,(H,13,16)/t8-,9-,12?/m1/s1. The summed E-state index contributed by atoms with van der Waals surface area (Å²) in [5.41, 5.74) is 0. The van der Waals surface area contributed by atoms with Gasteiger partial charge in [-0.25, -0.2) is 0 Å². The first-order chi connectivity index (χ1) is 8.91. The van der Waals surface area contributed by atoms with Crippen molar-refractivity contribution in [3.8, 4) is 0 Å². The van der Waals surface area contributed by atoms with E-state index in [4.69, 9.17) is 9.47 Å². The molecule has 3 N–H and O–H groups in total. The Hall–Kier alpha value is -0.340. The molecular weight excluding hydrogens is 270 g/mol. The van der Waals surface area contributed by atoms with E-state index in [1.807, 2.05) is 0 Å². The molecule has 2 heterocycles. The molecule has 0 radical (unpaired) electrons. The van der Waals surface area contributed by atoms with Gasteiger partial charge in [0.05, 0.1) is 6.61 Å². The minimum atomic E-state index is -1.05. The number of ether oxygens (including phenoxy) is 2. The topological polar surface area (TPSA) is 88.0 Å². The van der Waals surface area contributed by atoms with E-state index < -0.39 is 22.7 Å². The fourth-order valence-corrected chi connectivity index (χ4v) is 3.83. The molecule has 0 aromatic rings. The third-order valence-corrected chi connectivity index (χ3v) is 5.03. The third-order valence-electron chi connectivity index (χ3n) is 3.48. The fourth-order valence-electron chi connectivity index (χ4n) is 2.50. The van der Waals surface area contributed by atoms with Gasteiger partial charge in [0.1, 0.15) is 17.0 Å². The zero-order valence-corrected chi connectivity index (χ0v) is 12.0. The smallest absolute Gasteiger partial charge is 0.239 e. The van der Waals surface area contributed by atoms with Gasteiger partial charge < -0.3 is 25.0 Å². The van der Waals surface area contributed by atoms with Crippen molar-refractivity contribution < 1.29 is 24.5 Å². The van der Waals surface area contributed by atoms with E-state index in [1.54, 1.807) is 13.8 Å². The monoisotopic (exact) mass is 291 g/mol. The molecule has 3 atom stereocenters. The summed E-state index contributed by atoms with van der Waals surface area (Å²) in [6.07, 6.45) is -1.37. The van der Waals surface area contributed by atoms with Crippen LogP contribution in [0.2, 0.25) is 0 Å². The van der Waals surface area contributed by atoms with Crippen LogP contribution in [0.4, 0.5) is 0 Å². The molecule has 2 fully saturated rings. The molecule has 2 aliphatic heterocycles. The molecule has 0 spiro atoms. The number of aliphatic hydroxyl groups is 2. The van der Waals surface area contributed by atoms with E-state index in [-0.39, 0.29) is 25.5 Å². The zero-order valence-electron chi connectivity index (χ0n) is 11.2. The van der Waals surface area contributed by atoms with E-state index in [0.29, 0.717) is 12.3 Å². The van der Waals surface area contributed by atoms with Crippen LogP contribution in [0.25, 0.3) is 0 Å². The Morgan fingerprint density at radius 1 is 1.58 bits per heavy atom. The maximum Gasteiger partial charge on any atom is 0.239 e. The molecule has 19 heavy (non-hydrogen) atoms. The highest BCUT2D eigenvalue weighted by atomic mass is 32.2. The van der Waals surface area contributed by atoms with Gasteiger partial charge in [-0.05, 0) is 20.3 Å². The van der Waals surface area contributed by atoms with E-state index in [2.05, 4.69) is 5.32 Å². The summed E-state index contributed by atoms with van der Waals surface area (Å²) >= 11 is 1.38. The van der Waals surface area contributed by atoms with E-state index in [1.165, 1.54) is 11.8 Å². The van der Waals surface area contributed by atoms with Crippen molar-refractivity contribution in [2.24, 2.45) is 0 Å². The molecule has 0 bridgehead atoms. The summed E-state index contributed by atoms with van der Waals surface area (Å²) in [5.74, 6) is -0.277. The highest BCUT2D eigenvalue weighted by Crippen LogP contribution is 2.39. The van der Waals surface area contributed by atoms with Gasteiger partial charge in [-0.1, -0.05) is 0 Å². The number of aliphatic hydroxyl groups excluding tert-OH is 2. The quantitative estimate of drug-likeness (QED) is 0.646. The van der Waals surface area contributed by atoms with Crippen LogP contribution in [0.1, 0.15) is 20.3 Å². The van der Waals surface area contributed by atoms with Crippen molar-refractivity contribution in [2.75, 3.05) is 25.5 Å². The largest absolute Gasteiger partial charge is 0.396 e. The Labute approximate surface area is 116 Å². The first-order valence-electron chi connectivity index (χ1n) is 6.44. The summed E-state index contributed by atoms with van der Waals surface area (Å²) in [6, 6.07) is 0. The lowest BCUT2D eigenvalue weighted by Crippen LogP contribution is -2.60. The van der Waals surface area contributed by atoms with Crippen LogP contribution >= 0.6 is 11.8 Å². The van der Waals surface area contributed by atoms with Gasteiger partial charge >= 0.3 is 0 Å². The second-order valence-corrected chi connectivity index (χ2v) is 6.70. The van der Waals surface area contributed by atoms with Crippen molar-refractivity contribution >= 4 is 17.7 Å². The number of nitrogens with one attached hydrogen (secondary N) is 1. The number of carbonyl (C=O) groups excluding carboxylic acids is 1. The summed E-state index contributed by atoms with van der Waals surface area (Å²) in [4.78, 5) is 12.2. The highest BCUT2D eigenvalue weighted by molar-refractivity contribution is 8.01.